The molecule has 1 rings (SSSR count). The van der Waals surface area contributed by atoms with Crippen LogP contribution in [0.15, 0.2) is 24.3 Å². The van der Waals surface area contributed by atoms with Gasteiger partial charge < -0.3 is 15.2 Å². The van der Waals surface area contributed by atoms with Crippen LogP contribution in [0.3, 0.4) is 0 Å². The lowest BCUT2D eigenvalue weighted by Crippen LogP contribution is -2.41. The Morgan fingerprint density at radius 2 is 1.82 bits per heavy atom. The van der Waals surface area contributed by atoms with E-state index in [-0.39, 0.29) is 17.4 Å². The van der Waals surface area contributed by atoms with Crippen LogP contribution >= 0.6 is 0 Å². The van der Waals surface area contributed by atoms with Gasteiger partial charge in [-0.25, -0.2) is 4.79 Å². The zero-order chi connectivity index (χ0) is 13.1. The van der Waals surface area contributed by atoms with Gasteiger partial charge in [-0.2, -0.15) is 0 Å². The molecular formula is C13H19NO3. The lowest BCUT2D eigenvalue weighted by molar-refractivity contribution is 0.100. The number of hydrogen-bond donors (Lipinski definition) is 2. The smallest absolute Gasteiger partial charge is 0.408 e. The first-order chi connectivity index (χ1) is 7.78. The predicted molar refractivity (Wildman–Crippen MR) is 65.9 cm³/mol. The number of hydrogen-bond acceptors (Lipinski definition) is 3. The fourth-order valence-corrected chi connectivity index (χ4v) is 1.31. The quantitative estimate of drug-likeness (QED) is 0.831. The summed E-state index contributed by atoms with van der Waals surface area (Å²) in [5, 5.41) is 11.9. The van der Waals surface area contributed by atoms with E-state index in [0.717, 1.165) is 5.56 Å². The molecule has 0 saturated heterocycles. The summed E-state index contributed by atoms with van der Waals surface area (Å²) < 4.78 is 5.22. The van der Waals surface area contributed by atoms with Gasteiger partial charge in [0.05, 0.1) is 0 Å². The van der Waals surface area contributed by atoms with Crippen molar-refractivity contribution >= 4 is 6.09 Å². The monoisotopic (exact) mass is 237 g/mol. The molecule has 4 heteroatoms. The number of phenols is 1. The molecule has 0 radical (unpaired) electrons. The number of nitrogens with one attached hydrogen (secondary N) is 1. The highest BCUT2D eigenvalue weighted by Gasteiger charge is 2.17. The third-order valence-corrected chi connectivity index (χ3v) is 2.12. The summed E-state index contributed by atoms with van der Waals surface area (Å²) in [7, 11) is 0. The highest BCUT2D eigenvalue weighted by atomic mass is 16.6. The molecule has 4 nitrogen and oxygen atoms in total. The number of alkyl carbamates (subject to hydrolysis) is 1. The maximum Gasteiger partial charge on any atom is 0.408 e. The minimum Gasteiger partial charge on any atom is -0.508 e. The second-order valence-corrected chi connectivity index (χ2v) is 5.01. The summed E-state index contributed by atoms with van der Waals surface area (Å²) in [6, 6.07) is 6.59. The zero-order valence-corrected chi connectivity index (χ0v) is 10.7. The van der Waals surface area contributed by atoms with Gasteiger partial charge in [-0.3, -0.25) is 0 Å². The Labute approximate surface area is 102 Å². The lowest BCUT2D eigenvalue weighted by atomic mass is 10.1. The number of ether oxygens (including phenoxy) is 1. The molecule has 0 aromatic heterocycles. The Balaban J connectivity index is 2.57. The van der Waals surface area contributed by atoms with Gasteiger partial charge in [-0.1, -0.05) is 12.1 Å². The van der Waals surface area contributed by atoms with Crippen molar-refractivity contribution in [1.82, 2.24) is 5.32 Å². The lowest BCUT2D eigenvalue weighted by Gasteiger charge is -2.22. The Hall–Kier alpha value is -1.71. The van der Waals surface area contributed by atoms with Crippen molar-refractivity contribution in [2.45, 2.75) is 39.3 Å². The van der Waals surface area contributed by atoms with Gasteiger partial charge in [0, 0.05) is 5.54 Å². The van der Waals surface area contributed by atoms with Crippen molar-refractivity contribution in [3.05, 3.63) is 29.8 Å². The standard InChI is InChI=1S/C13H19NO3/c1-9(10-5-7-11(15)8-6-10)17-12(16)14-13(2,3)4/h5-9,15H,1-4H3,(H,14,16). The molecular weight excluding hydrogens is 218 g/mol. The van der Waals surface area contributed by atoms with Gasteiger partial charge in [0.25, 0.3) is 0 Å². The van der Waals surface area contributed by atoms with Crippen molar-refractivity contribution < 1.29 is 14.6 Å². The molecule has 17 heavy (non-hydrogen) atoms. The molecule has 0 saturated carbocycles. The number of phenolic OH excluding ortho intramolecular Hbond substituents is 1. The van der Waals surface area contributed by atoms with Gasteiger partial charge in [0.2, 0.25) is 0 Å². The van der Waals surface area contributed by atoms with Crippen LogP contribution in [0.4, 0.5) is 4.79 Å². The first kappa shape index (κ1) is 13.4. The molecule has 0 heterocycles. The number of amides is 1. The average Bonchev–Trinajstić information content (AvgIpc) is 2.15. The van der Waals surface area contributed by atoms with Crippen molar-refractivity contribution in [1.29, 1.82) is 0 Å². The maximum atomic E-state index is 11.5. The highest BCUT2D eigenvalue weighted by molar-refractivity contribution is 5.68. The molecule has 0 aliphatic carbocycles. The summed E-state index contributed by atoms with van der Waals surface area (Å²) in [6.07, 6.45) is -0.795. The number of carbonyl (C=O) groups is 1. The fraction of sp³-hybridized carbons (Fsp3) is 0.462. The minimum atomic E-state index is -0.446. The van der Waals surface area contributed by atoms with E-state index in [2.05, 4.69) is 5.32 Å². The molecule has 1 aromatic carbocycles. The summed E-state index contributed by atoms with van der Waals surface area (Å²) >= 11 is 0. The van der Waals surface area contributed by atoms with E-state index in [1.807, 2.05) is 20.8 Å². The average molecular weight is 237 g/mol. The van der Waals surface area contributed by atoms with E-state index < -0.39 is 6.09 Å². The van der Waals surface area contributed by atoms with E-state index in [0.29, 0.717) is 0 Å². The summed E-state index contributed by atoms with van der Waals surface area (Å²) in [4.78, 5) is 11.5. The topological polar surface area (TPSA) is 58.6 Å². The van der Waals surface area contributed by atoms with Crippen molar-refractivity contribution in [2.75, 3.05) is 0 Å². The van der Waals surface area contributed by atoms with E-state index in [4.69, 9.17) is 9.84 Å². The van der Waals surface area contributed by atoms with Gasteiger partial charge in [0.1, 0.15) is 11.9 Å². The van der Waals surface area contributed by atoms with Gasteiger partial charge >= 0.3 is 6.09 Å². The molecule has 1 unspecified atom stereocenters. The van der Waals surface area contributed by atoms with E-state index in [1.165, 1.54) is 0 Å². The Kier molecular flexibility index (Phi) is 3.99. The highest BCUT2D eigenvalue weighted by Crippen LogP contribution is 2.19. The third kappa shape index (κ3) is 4.76. The molecule has 1 aromatic rings. The van der Waals surface area contributed by atoms with Crippen LogP contribution < -0.4 is 5.32 Å². The molecule has 2 N–H and O–H groups in total. The summed E-state index contributed by atoms with van der Waals surface area (Å²) in [6.45, 7) is 7.45. The molecule has 0 spiro atoms. The molecule has 94 valence electrons. The van der Waals surface area contributed by atoms with Crippen molar-refractivity contribution in [3.63, 3.8) is 0 Å². The normalized spacial score (nSPS) is 12.9. The SMILES string of the molecule is CC(OC(=O)NC(C)(C)C)c1ccc(O)cc1. The molecule has 0 fully saturated rings. The molecule has 0 aliphatic rings. The van der Waals surface area contributed by atoms with Gasteiger partial charge in [0.15, 0.2) is 0 Å². The van der Waals surface area contributed by atoms with E-state index in [1.54, 1.807) is 31.2 Å². The molecule has 0 bridgehead atoms. The summed E-state index contributed by atoms with van der Waals surface area (Å²) in [5.74, 6) is 0.195. The van der Waals surface area contributed by atoms with Crippen LogP contribution in [-0.4, -0.2) is 16.7 Å². The molecule has 0 aliphatic heterocycles. The van der Waals surface area contributed by atoms with E-state index >= 15 is 0 Å². The number of rotatable bonds is 2. The Bertz CT molecular complexity index is 379. The number of carbonyl (C=O) groups excluding carboxylic acids is 1. The Morgan fingerprint density at radius 1 is 1.29 bits per heavy atom. The zero-order valence-electron chi connectivity index (χ0n) is 10.7. The van der Waals surface area contributed by atoms with Crippen LogP contribution in [-0.2, 0) is 4.74 Å². The molecule has 1 amide bonds. The fourth-order valence-electron chi connectivity index (χ4n) is 1.31. The predicted octanol–water partition coefficient (Wildman–Crippen LogP) is 2.98. The first-order valence-corrected chi connectivity index (χ1v) is 5.55. The largest absolute Gasteiger partial charge is 0.508 e. The minimum absolute atomic E-state index is 0.195. The van der Waals surface area contributed by atoms with Crippen LogP contribution in [0.25, 0.3) is 0 Å². The van der Waals surface area contributed by atoms with Gasteiger partial charge in [-0.15, -0.1) is 0 Å². The number of benzene rings is 1. The third-order valence-electron chi connectivity index (χ3n) is 2.12. The number of aromatic hydroxyl groups is 1. The molecule has 1 atom stereocenters. The van der Waals surface area contributed by atoms with Crippen LogP contribution in [0.5, 0.6) is 5.75 Å². The van der Waals surface area contributed by atoms with Gasteiger partial charge in [-0.05, 0) is 45.4 Å². The summed E-state index contributed by atoms with van der Waals surface area (Å²) in [5.41, 5.74) is 0.526. The first-order valence-electron chi connectivity index (χ1n) is 5.55. The van der Waals surface area contributed by atoms with E-state index in [9.17, 15) is 4.79 Å². The van der Waals surface area contributed by atoms with Crippen molar-refractivity contribution in [2.24, 2.45) is 0 Å². The van der Waals surface area contributed by atoms with Crippen LogP contribution in [0.1, 0.15) is 39.4 Å². The Morgan fingerprint density at radius 3 is 2.29 bits per heavy atom. The van der Waals surface area contributed by atoms with Crippen LogP contribution in [0.2, 0.25) is 0 Å². The second kappa shape index (κ2) is 5.08. The van der Waals surface area contributed by atoms with Crippen molar-refractivity contribution in [3.8, 4) is 5.75 Å². The van der Waals surface area contributed by atoms with Crippen LogP contribution in [0, 0.1) is 0 Å². The maximum absolute atomic E-state index is 11.5. The second-order valence-electron chi connectivity index (χ2n) is 5.01.